The maximum Gasteiger partial charge on any atom is 0.322 e. The molecule has 0 radical (unpaired) electrons. The fraction of sp³-hybridized carbons (Fsp3) is 0.706. The lowest BCUT2D eigenvalue weighted by molar-refractivity contribution is -0.138. The van der Waals surface area contributed by atoms with Crippen LogP contribution < -0.4 is 33.2 Å². The van der Waals surface area contributed by atoms with Crippen molar-refractivity contribution in [2.24, 2.45) is 28.1 Å². The molecular formula is C17H33N7O5S. The number of rotatable bonds is 14. The van der Waals surface area contributed by atoms with Crippen LogP contribution in [0, 0.1) is 5.92 Å². The van der Waals surface area contributed by atoms with Crippen LogP contribution in [0.25, 0.3) is 0 Å². The molecule has 12 nitrogen and oxygen atoms in total. The van der Waals surface area contributed by atoms with Crippen molar-refractivity contribution in [3.8, 4) is 0 Å². The molecule has 0 saturated heterocycles. The van der Waals surface area contributed by atoms with E-state index in [9.17, 15) is 19.2 Å². The van der Waals surface area contributed by atoms with Gasteiger partial charge >= 0.3 is 5.97 Å². The Labute approximate surface area is 181 Å². The number of carbonyl (C=O) groups excluding carboxylic acids is 3. The number of nitrogens with two attached hydrogens (primary N) is 3. The molecule has 10 N–H and O–H groups in total. The van der Waals surface area contributed by atoms with E-state index < -0.39 is 48.4 Å². The van der Waals surface area contributed by atoms with Gasteiger partial charge in [0, 0.05) is 12.3 Å². The Balaban J connectivity index is 5.26. The number of carbonyl (C=O) groups is 4. The van der Waals surface area contributed by atoms with Crippen molar-refractivity contribution in [2.75, 3.05) is 18.8 Å². The van der Waals surface area contributed by atoms with Gasteiger partial charge < -0.3 is 38.3 Å². The molecule has 0 aliphatic carbocycles. The Bertz CT molecular complexity index is 626. The van der Waals surface area contributed by atoms with Crippen LogP contribution in [0.2, 0.25) is 0 Å². The number of thiol groups is 1. The predicted molar refractivity (Wildman–Crippen MR) is 116 cm³/mol. The molecule has 0 heterocycles. The van der Waals surface area contributed by atoms with Gasteiger partial charge in [0.25, 0.3) is 0 Å². The number of hydrogen-bond donors (Lipinski definition) is 8. The third kappa shape index (κ3) is 12.1. The van der Waals surface area contributed by atoms with Crippen LogP contribution in [0.1, 0.15) is 33.1 Å². The summed E-state index contributed by atoms with van der Waals surface area (Å²) in [6, 6.07) is -2.86. The number of guanidine groups is 1. The molecule has 30 heavy (non-hydrogen) atoms. The van der Waals surface area contributed by atoms with Gasteiger partial charge in [0.05, 0.1) is 6.04 Å². The average Bonchev–Trinajstić information content (AvgIpc) is 2.66. The van der Waals surface area contributed by atoms with Crippen molar-refractivity contribution in [3.63, 3.8) is 0 Å². The van der Waals surface area contributed by atoms with Gasteiger partial charge in [-0.3, -0.25) is 24.2 Å². The van der Waals surface area contributed by atoms with E-state index in [4.69, 9.17) is 22.3 Å². The molecule has 0 bridgehead atoms. The third-order valence-corrected chi connectivity index (χ3v) is 4.26. The van der Waals surface area contributed by atoms with E-state index in [-0.39, 0.29) is 37.0 Å². The lowest BCUT2D eigenvalue weighted by atomic mass is 10.0. The van der Waals surface area contributed by atoms with Crippen LogP contribution in [0.5, 0.6) is 0 Å². The first kappa shape index (κ1) is 27.5. The summed E-state index contributed by atoms with van der Waals surface area (Å²) >= 11 is 3.96. The van der Waals surface area contributed by atoms with Gasteiger partial charge in [-0.15, -0.1) is 0 Å². The summed E-state index contributed by atoms with van der Waals surface area (Å²) in [5, 5.41) is 16.1. The molecule has 0 saturated carbocycles. The van der Waals surface area contributed by atoms with Crippen LogP contribution in [-0.2, 0) is 19.2 Å². The van der Waals surface area contributed by atoms with E-state index in [1.807, 2.05) is 13.8 Å². The fourth-order valence-electron chi connectivity index (χ4n) is 2.40. The summed E-state index contributed by atoms with van der Waals surface area (Å²) < 4.78 is 0. The van der Waals surface area contributed by atoms with Crippen LogP contribution in [0.3, 0.4) is 0 Å². The van der Waals surface area contributed by atoms with Gasteiger partial charge in [0.1, 0.15) is 18.6 Å². The first-order valence-corrected chi connectivity index (χ1v) is 10.1. The molecular weight excluding hydrogens is 414 g/mol. The third-order valence-electron chi connectivity index (χ3n) is 3.87. The Morgan fingerprint density at radius 2 is 1.63 bits per heavy atom. The quantitative estimate of drug-likeness (QED) is 0.0615. The Kier molecular flexibility index (Phi) is 13.2. The van der Waals surface area contributed by atoms with Gasteiger partial charge in [0.2, 0.25) is 17.7 Å². The largest absolute Gasteiger partial charge is 0.480 e. The first-order valence-electron chi connectivity index (χ1n) is 9.50. The number of carboxylic acids is 1. The molecule has 13 heteroatoms. The lowest BCUT2D eigenvalue weighted by Crippen LogP contribution is -2.56. The molecule has 3 atom stereocenters. The van der Waals surface area contributed by atoms with Crippen LogP contribution in [0.15, 0.2) is 4.99 Å². The van der Waals surface area contributed by atoms with Crippen molar-refractivity contribution in [1.29, 1.82) is 0 Å². The minimum Gasteiger partial charge on any atom is -0.480 e. The van der Waals surface area contributed by atoms with Gasteiger partial charge in [0.15, 0.2) is 5.96 Å². The maximum atomic E-state index is 12.8. The number of aliphatic carboxylic acids is 1. The highest BCUT2D eigenvalue weighted by Crippen LogP contribution is 2.07. The summed E-state index contributed by atoms with van der Waals surface area (Å²) in [5.41, 5.74) is 16.2. The molecule has 0 aliphatic heterocycles. The second-order valence-corrected chi connectivity index (χ2v) is 7.47. The monoisotopic (exact) mass is 447 g/mol. The molecule has 3 amide bonds. The number of amides is 3. The summed E-state index contributed by atoms with van der Waals surface area (Å²) in [4.78, 5) is 51.7. The molecule has 3 unspecified atom stereocenters. The number of nitrogens with one attached hydrogen (secondary N) is 3. The van der Waals surface area contributed by atoms with E-state index in [1.165, 1.54) is 0 Å². The Morgan fingerprint density at radius 3 is 2.13 bits per heavy atom. The molecule has 0 spiro atoms. The zero-order chi connectivity index (χ0) is 23.3. The molecule has 0 aromatic rings. The maximum absolute atomic E-state index is 12.8. The summed E-state index contributed by atoms with van der Waals surface area (Å²) in [6.07, 6.45) is 0.854. The second kappa shape index (κ2) is 14.4. The normalized spacial score (nSPS) is 13.6. The molecule has 0 aromatic heterocycles. The molecule has 0 rings (SSSR count). The molecule has 172 valence electrons. The number of carboxylic acid groups (broad SMARTS) is 1. The lowest BCUT2D eigenvalue weighted by Gasteiger charge is -2.24. The van der Waals surface area contributed by atoms with Gasteiger partial charge in [-0.2, -0.15) is 12.6 Å². The SMILES string of the molecule is CC(C)CC(NC(=O)C(CCCN=C(N)N)NC(=O)C(N)CS)C(=O)NCC(=O)O. The average molecular weight is 448 g/mol. The highest BCUT2D eigenvalue weighted by atomic mass is 32.1. The predicted octanol–water partition coefficient (Wildman–Crippen LogP) is -2.49. The van der Waals surface area contributed by atoms with E-state index in [0.29, 0.717) is 6.42 Å². The van der Waals surface area contributed by atoms with Crippen molar-refractivity contribution >= 4 is 42.3 Å². The second-order valence-electron chi connectivity index (χ2n) is 7.10. The van der Waals surface area contributed by atoms with Crippen molar-refractivity contribution < 1.29 is 24.3 Å². The standard InChI is InChI=1S/C17H33N7O5S/c1-9(2)6-12(15(28)22-7-13(25)26)24-16(29)11(4-3-5-21-17(19)20)23-14(27)10(18)8-30/h9-12,30H,3-8,18H2,1-2H3,(H,22,28)(H,23,27)(H,24,29)(H,25,26)(H4,19,20,21). The van der Waals surface area contributed by atoms with Crippen molar-refractivity contribution in [1.82, 2.24) is 16.0 Å². The van der Waals surface area contributed by atoms with Crippen LogP contribution in [0.4, 0.5) is 0 Å². The van der Waals surface area contributed by atoms with Gasteiger partial charge in [-0.05, 0) is 25.2 Å². The zero-order valence-electron chi connectivity index (χ0n) is 17.3. The molecule has 0 aliphatic rings. The summed E-state index contributed by atoms with van der Waals surface area (Å²) in [7, 11) is 0. The van der Waals surface area contributed by atoms with E-state index in [1.54, 1.807) is 0 Å². The highest BCUT2D eigenvalue weighted by Gasteiger charge is 2.28. The van der Waals surface area contributed by atoms with E-state index in [0.717, 1.165) is 0 Å². The van der Waals surface area contributed by atoms with Crippen LogP contribution in [-0.4, -0.2) is 71.7 Å². The number of aliphatic imine (C=N–C) groups is 1. The summed E-state index contributed by atoms with van der Waals surface area (Å²) in [6.45, 7) is 3.38. The highest BCUT2D eigenvalue weighted by molar-refractivity contribution is 7.80. The van der Waals surface area contributed by atoms with Crippen LogP contribution >= 0.6 is 12.6 Å². The van der Waals surface area contributed by atoms with Gasteiger partial charge in [-0.25, -0.2) is 0 Å². The van der Waals surface area contributed by atoms with E-state index in [2.05, 4.69) is 33.6 Å². The molecule has 0 fully saturated rings. The zero-order valence-corrected chi connectivity index (χ0v) is 18.2. The smallest absolute Gasteiger partial charge is 0.322 e. The van der Waals surface area contributed by atoms with E-state index >= 15 is 0 Å². The van der Waals surface area contributed by atoms with Gasteiger partial charge in [-0.1, -0.05) is 13.8 Å². The molecule has 0 aromatic carbocycles. The number of hydrogen-bond acceptors (Lipinski definition) is 7. The Morgan fingerprint density at radius 1 is 1.03 bits per heavy atom. The van der Waals surface area contributed by atoms with Crippen molar-refractivity contribution in [3.05, 3.63) is 0 Å². The fourth-order valence-corrected chi connectivity index (χ4v) is 2.56. The minimum absolute atomic E-state index is 0.0402. The topological polar surface area (TPSA) is 215 Å². The minimum atomic E-state index is -1.21. The Hall–Kier alpha value is -2.54. The van der Waals surface area contributed by atoms with Crippen molar-refractivity contribution in [2.45, 2.75) is 51.2 Å². The number of nitrogens with zero attached hydrogens (tertiary/aromatic N) is 1. The first-order chi connectivity index (χ1) is 14.0. The summed E-state index contributed by atoms with van der Waals surface area (Å²) in [5.74, 6) is -2.97.